The van der Waals surface area contributed by atoms with Crippen molar-refractivity contribution >= 4 is 39.9 Å². The van der Waals surface area contributed by atoms with E-state index < -0.39 is 0 Å². The molecule has 0 saturated carbocycles. The average molecular weight is 424 g/mol. The maximum atomic E-state index is 12.2. The van der Waals surface area contributed by atoms with Crippen molar-refractivity contribution < 1.29 is 18.4 Å². The summed E-state index contributed by atoms with van der Waals surface area (Å²) in [4.78, 5) is 25.6. The Labute approximate surface area is 176 Å². The van der Waals surface area contributed by atoms with Crippen molar-refractivity contribution in [2.24, 2.45) is 0 Å². The molecule has 0 aliphatic carbocycles. The minimum Gasteiger partial charge on any atom is -0.467 e. The minimum atomic E-state index is -0.247. The van der Waals surface area contributed by atoms with Gasteiger partial charge in [0.2, 0.25) is 11.6 Å². The molecule has 4 aromatic heterocycles. The Hall–Kier alpha value is -2.91. The zero-order chi connectivity index (χ0) is 20.7. The molecule has 9 heteroatoms. The highest BCUT2D eigenvalue weighted by molar-refractivity contribution is 8.00. The van der Waals surface area contributed by atoms with Gasteiger partial charge in [0.25, 0.3) is 0 Å². The van der Waals surface area contributed by atoms with Crippen molar-refractivity contribution in [2.45, 2.75) is 44.0 Å². The lowest BCUT2D eigenvalue weighted by Crippen LogP contribution is -2.32. The summed E-state index contributed by atoms with van der Waals surface area (Å²) in [6.07, 6.45) is 3.78. The first-order valence-electron chi connectivity index (χ1n) is 9.60. The zero-order valence-electron chi connectivity index (χ0n) is 16.6. The van der Waals surface area contributed by atoms with Crippen LogP contribution in [0.3, 0.4) is 0 Å². The highest BCUT2D eigenvalue weighted by Gasteiger charge is 2.28. The van der Waals surface area contributed by atoms with E-state index in [9.17, 15) is 4.79 Å². The van der Waals surface area contributed by atoms with Gasteiger partial charge in [0.15, 0.2) is 5.58 Å². The number of ether oxygens (including phenoxy) is 1. The fraction of sp³-hybridized carbons (Fsp3) is 0.333. The molecule has 8 nitrogen and oxygen atoms in total. The second-order valence-corrected chi connectivity index (χ2v) is 8.74. The lowest BCUT2D eigenvalue weighted by molar-refractivity contribution is -0.118. The van der Waals surface area contributed by atoms with Gasteiger partial charge >= 0.3 is 0 Å². The Morgan fingerprint density at radius 2 is 2.23 bits per heavy atom. The Kier molecular flexibility index (Phi) is 4.71. The molecule has 5 rings (SSSR count). The Morgan fingerprint density at radius 1 is 1.33 bits per heavy atom. The second-order valence-electron chi connectivity index (χ2n) is 7.78. The number of fused-ring (bicyclic) bond motifs is 4. The van der Waals surface area contributed by atoms with E-state index >= 15 is 0 Å². The fourth-order valence-electron chi connectivity index (χ4n) is 3.45. The molecular formula is C21H20N4O4S. The van der Waals surface area contributed by atoms with Crippen LogP contribution >= 0.6 is 11.8 Å². The molecule has 5 heterocycles. The van der Waals surface area contributed by atoms with Crippen LogP contribution in [0, 0.1) is 0 Å². The molecule has 0 atom stereocenters. The molecule has 30 heavy (non-hydrogen) atoms. The number of aromatic nitrogens is 3. The summed E-state index contributed by atoms with van der Waals surface area (Å²) in [5, 5.41) is 4.26. The van der Waals surface area contributed by atoms with E-state index in [4.69, 9.17) is 18.6 Å². The SMILES string of the molecule is CC1(C)Cc2nc3oc4c(SCC(=O)NCc5ccco5)ncnc4c3cc2CO1. The number of carbonyl (C=O) groups is 1. The molecule has 1 aliphatic rings. The largest absolute Gasteiger partial charge is 0.467 e. The molecule has 154 valence electrons. The third kappa shape index (κ3) is 3.66. The maximum Gasteiger partial charge on any atom is 0.230 e. The maximum absolute atomic E-state index is 12.2. The normalized spacial score (nSPS) is 15.4. The van der Waals surface area contributed by atoms with Crippen LogP contribution in [0.1, 0.15) is 30.9 Å². The summed E-state index contributed by atoms with van der Waals surface area (Å²) >= 11 is 1.30. The van der Waals surface area contributed by atoms with Crippen LogP contribution in [0.4, 0.5) is 0 Å². The van der Waals surface area contributed by atoms with Gasteiger partial charge in [-0.05, 0) is 32.0 Å². The molecular weight excluding hydrogens is 404 g/mol. The highest BCUT2D eigenvalue weighted by atomic mass is 32.2. The number of hydrogen-bond donors (Lipinski definition) is 1. The van der Waals surface area contributed by atoms with Crippen LogP contribution in [0.2, 0.25) is 0 Å². The molecule has 0 aromatic carbocycles. The van der Waals surface area contributed by atoms with Gasteiger partial charge in [-0.25, -0.2) is 15.0 Å². The van der Waals surface area contributed by atoms with E-state index in [1.807, 2.05) is 12.1 Å². The minimum absolute atomic E-state index is 0.118. The molecule has 0 spiro atoms. The standard InChI is InChI=1S/C21H20N4O4S/c1-21(2)7-15-12(9-28-21)6-14-17-18(29-19(14)25-15)20(24-11-23-17)30-10-16(26)22-8-13-4-3-5-27-13/h3-6,11H,7-10H2,1-2H3,(H,22,26). The predicted molar refractivity (Wildman–Crippen MR) is 111 cm³/mol. The van der Waals surface area contributed by atoms with Crippen molar-refractivity contribution in [3.63, 3.8) is 0 Å². The summed E-state index contributed by atoms with van der Waals surface area (Å²) in [5.41, 5.74) is 3.56. The molecule has 0 bridgehead atoms. The summed E-state index contributed by atoms with van der Waals surface area (Å²) < 4.78 is 17.2. The number of nitrogens with one attached hydrogen (secondary N) is 1. The lowest BCUT2D eigenvalue weighted by atomic mass is 9.95. The predicted octanol–water partition coefficient (Wildman–Crippen LogP) is 3.62. The van der Waals surface area contributed by atoms with E-state index in [-0.39, 0.29) is 17.3 Å². The smallest absolute Gasteiger partial charge is 0.230 e. The number of amides is 1. The van der Waals surface area contributed by atoms with Crippen LogP contribution in [0.15, 0.2) is 44.6 Å². The Balaban J connectivity index is 1.39. The summed E-state index contributed by atoms with van der Waals surface area (Å²) in [6.45, 7) is 4.97. The summed E-state index contributed by atoms with van der Waals surface area (Å²) in [7, 11) is 0. The number of rotatable bonds is 5. The quantitative estimate of drug-likeness (QED) is 0.383. The number of pyridine rings is 1. The molecule has 1 aliphatic heterocycles. The monoisotopic (exact) mass is 424 g/mol. The number of thioether (sulfide) groups is 1. The second kappa shape index (κ2) is 7.41. The third-order valence-electron chi connectivity index (χ3n) is 4.97. The fourth-order valence-corrected chi connectivity index (χ4v) is 4.21. The van der Waals surface area contributed by atoms with Crippen molar-refractivity contribution in [3.8, 4) is 0 Å². The average Bonchev–Trinajstić information content (AvgIpc) is 3.36. The van der Waals surface area contributed by atoms with Gasteiger partial charge in [-0.1, -0.05) is 11.8 Å². The molecule has 0 unspecified atom stereocenters. The zero-order valence-corrected chi connectivity index (χ0v) is 17.4. The number of nitrogens with zero attached hydrogens (tertiary/aromatic N) is 3. The van der Waals surface area contributed by atoms with Gasteiger partial charge < -0.3 is 18.9 Å². The molecule has 0 saturated heterocycles. The third-order valence-corrected chi connectivity index (χ3v) is 5.94. The topological polar surface area (TPSA) is 103 Å². The van der Waals surface area contributed by atoms with Crippen molar-refractivity contribution in [2.75, 3.05) is 5.75 Å². The van der Waals surface area contributed by atoms with Crippen LogP contribution in [-0.2, 0) is 29.1 Å². The molecule has 1 amide bonds. The van der Waals surface area contributed by atoms with E-state index in [2.05, 4.69) is 29.1 Å². The van der Waals surface area contributed by atoms with Crippen LogP contribution in [0.5, 0.6) is 0 Å². The first-order chi connectivity index (χ1) is 14.5. The Bertz CT molecular complexity index is 1230. The van der Waals surface area contributed by atoms with Gasteiger partial charge in [0.05, 0.1) is 41.8 Å². The van der Waals surface area contributed by atoms with E-state index in [0.717, 1.165) is 23.1 Å². The van der Waals surface area contributed by atoms with Crippen molar-refractivity contribution in [1.82, 2.24) is 20.3 Å². The van der Waals surface area contributed by atoms with Gasteiger partial charge in [-0.3, -0.25) is 4.79 Å². The first-order valence-corrected chi connectivity index (χ1v) is 10.6. The molecule has 1 N–H and O–H groups in total. The number of hydrogen-bond acceptors (Lipinski definition) is 8. The van der Waals surface area contributed by atoms with Crippen molar-refractivity contribution in [1.29, 1.82) is 0 Å². The molecule has 4 aromatic rings. The number of carbonyl (C=O) groups excluding carboxylic acids is 1. The number of furan rings is 2. The van der Waals surface area contributed by atoms with Gasteiger partial charge in [-0.15, -0.1) is 0 Å². The van der Waals surface area contributed by atoms with Gasteiger partial charge in [0, 0.05) is 12.0 Å². The molecule has 0 fully saturated rings. The summed E-state index contributed by atoms with van der Waals surface area (Å²) in [6, 6.07) is 5.64. The van der Waals surface area contributed by atoms with Crippen LogP contribution in [-0.4, -0.2) is 32.2 Å². The van der Waals surface area contributed by atoms with Crippen LogP contribution < -0.4 is 5.32 Å². The molecule has 0 radical (unpaired) electrons. The van der Waals surface area contributed by atoms with E-state index in [0.29, 0.717) is 40.8 Å². The van der Waals surface area contributed by atoms with Gasteiger partial charge in [-0.2, -0.15) is 0 Å². The highest BCUT2D eigenvalue weighted by Crippen LogP contribution is 2.35. The van der Waals surface area contributed by atoms with Crippen molar-refractivity contribution in [3.05, 3.63) is 47.8 Å². The summed E-state index contributed by atoms with van der Waals surface area (Å²) in [5.74, 6) is 0.792. The van der Waals surface area contributed by atoms with E-state index in [1.165, 1.54) is 18.1 Å². The van der Waals surface area contributed by atoms with Gasteiger partial charge in [0.1, 0.15) is 22.6 Å². The van der Waals surface area contributed by atoms with Crippen LogP contribution in [0.25, 0.3) is 22.2 Å². The van der Waals surface area contributed by atoms with E-state index in [1.54, 1.807) is 12.3 Å². The lowest BCUT2D eigenvalue weighted by Gasteiger charge is -2.30. The first kappa shape index (κ1) is 19.1. The Morgan fingerprint density at radius 3 is 3.07 bits per heavy atom.